The monoisotopic (exact) mass is 465 g/mol. The van der Waals surface area contributed by atoms with Crippen LogP contribution >= 0.6 is 0 Å². The van der Waals surface area contributed by atoms with Gasteiger partial charge in [0.2, 0.25) is 5.91 Å². The molecule has 0 bridgehead atoms. The third-order valence-electron chi connectivity index (χ3n) is 5.61. The predicted octanol–water partition coefficient (Wildman–Crippen LogP) is 4.54. The standard InChI is InChI=1S/C26H25F2N3O3/c27-21-11-10-19(18-22(21)28)26(33)31-16-14-30(15-17-31)13-12-25(32)29-23-8-4-5-9-24(23)34-20-6-2-1-3-7-20/h1-11,18H,12-17H2,(H,29,32). The highest BCUT2D eigenvalue weighted by molar-refractivity contribution is 5.94. The Labute approximate surface area is 196 Å². The van der Waals surface area contributed by atoms with Crippen LogP contribution in [0.1, 0.15) is 16.8 Å². The van der Waals surface area contributed by atoms with Crippen molar-refractivity contribution in [1.29, 1.82) is 0 Å². The predicted molar refractivity (Wildman–Crippen MR) is 125 cm³/mol. The number of nitrogens with one attached hydrogen (secondary N) is 1. The van der Waals surface area contributed by atoms with E-state index in [1.54, 1.807) is 17.0 Å². The minimum atomic E-state index is -1.04. The summed E-state index contributed by atoms with van der Waals surface area (Å²) in [5, 5.41) is 2.91. The third kappa shape index (κ3) is 5.96. The molecule has 6 nitrogen and oxygen atoms in total. The smallest absolute Gasteiger partial charge is 0.254 e. The number of amides is 2. The van der Waals surface area contributed by atoms with E-state index in [2.05, 4.69) is 10.2 Å². The zero-order chi connectivity index (χ0) is 23.9. The van der Waals surface area contributed by atoms with Crippen molar-refractivity contribution in [3.8, 4) is 11.5 Å². The average Bonchev–Trinajstić information content (AvgIpc) is 2.86. The van der Waals surface area contributed by atoms with Crippen LogP contribution in [0.15, 0.2) is 72.8 Å². The van der Waals surface area contributed by atoms with Crippen LogP contribution in [0.4, 0.5) is 14.5 Å². The lowest BCUT2D eigenvalue weighted by Crippen LogP contribution is -2.49. The molecule has 0 spiro atoms. The van der Waals surface area contributed by atoms with Gasteiger partial charge in [0.1, 0.15) is 5.75 Å². The SMILES string of the molecule is O=C(CCN1CCN(C(=O)c2ccc(F)c(F)c2)CC1)Nc1ccccc1Oc1ccccc1. The van der Waals surface area contributed by atoms with Crippen molar-refractivity contribution in [3.05, 3.63) is 90.0 Å². The van der Waals surface area contributed by atoms with Crippen molar-refractivity contribution in [1.82, 2.24) is 9.80 Å². The lowest BCUT2D eigenvalue weighted by atomic mass is 10.1. The molecule has 3 aromatic rings. The Kier molecular flexibility index (Phi) is 7.49. The van der Waals surface area contributed by atoms with Crippen LogP contribution in [0.2, 0.25) is 0 Å². The summed E-state index contributed by atoms with van der Waals surface area (Å²) in [5.74, 6) is -1.23. The Bertz CT molecular complexity index is 1150. The number of nitrogens with zero attached hydrogens (tertiary/aromatic N) is 2. The number of para-hydroxylation sites is 3. The minimum Gasteiger partial charge on any atom is -0.455 e. The second-order valence-corrected chi connectivity index (χ2v) is 7.97. The van der Waals surface area contributed by atoms with Gasteiger partial charge in [0.25, 0.3) is 5.91 Å². The number of carbonyl (C=O) groups excluding carboxylic acids is 2. The van der Waals surface area contributed by atoms with Gasteiger partial charge in [0.05, 0.1) is 5.69 Å². The molecule has 176 valence electrons. The molecule has 1 saturated heterocycles. The van der Waals surface area contributed by atoms with Crippen LogP contribution in [0.5, 0.6) is 11.5 Å². The summed E-state index contributed by atoms with van der Waals surface area (Å²) in [6.07, 6.45) is 0.288. The molecule has 1 heterocycles. The van der Waals surface area contributed by atoms with E-state index >= 15 is 0 Å². The summed E-state index contributed by atoms with van der Waals surface area (Å²) in [7, 11) is 0. The molecule has 0 radical (unpaired) electrons. The molecule has 1 fully saturated rings. The van der Waals surface area contributed by atoms with E-state index in [0.29, 0.717) is 49.9 Å². The number of carbonyl (C=O) groups is 2. The van der Waals surface area contributed by atoms with Crippen molar-refractivity contribution < 1.29 is 23.1 Å². The van der Waals surface area contributed by atoms with E-state index in [1.807, 2.05) is 42.5 Å². The number of halogens is 2. The first kappa shape index (κ1) is 23.4. The molecule has 2 amide bonds. The van der Waals surface area contributed by atoms with Crippen LogP contribution < -0.4 is 10.1 Å². The van der Waals surface area contributed by atoms with Crippen molar-refractivity contribution >= 4 is 17.5 Å². The van der Waals surface area contributed by atoms with Crippen molar-refractivity contribution in [2.75, 3.05) is 38.0 Å². The van der Waals surface area contributed by atoms with Gasteiger partial charge in [-0.15, -0.1) is 0 Å². The largest absolute Gasteiger partial charge is 0.455 e. The first-order chi connectivity index (χ1) is 16.5. The lowest BCUT2D eigenvalue weighted by molar-refractivity contribution is -0.116. The molecule has 8 heteroatoms. The quantitative estimate of drug-likeness (QED) is 0.557. The molecule has 0 aromatic heterocycles. The van der Waals surface area contributed by atoms with Gasteiger partial charge < -0.3 is 15.0 Å². The molecular weight excluding hydrogens is 440 g/mol. The highest BCUT2D eigenvalue weighted by Crippen LogP contribution is 2.29. The second kappa shape index (κ2) is 10.9. The zero-order valence-corrected chi connectivity index (χ0v) is 18.5. The van der Waals surface area contributed by atoms with Gasteiger partial charge in [0.15, 0.2) is 17.4 Å². The maximum Gasteiger partial charge on any atom is 0.254 e. The average molecular weight is 466 g/mol. The van der Waals surface area contributed by atoms with Crippen molar-refractivity contribution in [2.45, 2.75) is 6.42 Å². The Morgan fingerprint density at radius 2 is 1.56 bits per heavy atom. The summed E-state index contributed by atoms with van der Waals surface area (Å²) >= 11 is 0. The van der Waals surface area contributed by atoms with E-state index in [4.69, 9.17) is 4.74 Å². The van der Waals surface area contributed by atoms with Gasteiger partial charge in [0, 0.05) is 44.7 Å². The van der Waals surface area contributed by atoms with Gasteiger partial charge in [-0.25, -0.2) is 8.78 Å². The lowest BCUT2D eigenvalue weighted by Gasteiger charge is -2.34. The van der Waals surface area contributed by atoms with Gasteiger partial charge in [-0.05, 0) is 42.5 Å². The van der Waals surface area contributed by atoms with Gasteiger partial charge in [-0.3, -0.25) is 14.5 Å². The maximum atomic E-state index is 13.4. The Hall–Kier alpha value is -3.78. The van der Waals surface area contributed by atoms with Gasteiger partial charge >= 0.3 is 0 Å². The number of ether oxygens (including phenoxy) is 1. The second-order valence-electron chi connectivity index (χ2n) is 7.97. The van der Waals surface area contributed by atoms with Crippen LogP contribution in [0.3, 0.4) is 0 Å². The third-order valence-corrected chi connectivity index (χ3v) is 5.61. The van der Waals surface area contributed by atoms with Crippen LogP contribution in [0.25, 0.3) is 0 Å². The van der Waals surface area contributed by atoms with E-state index < -0.39 is 11.6 Å². The number of rotatable bonds is 7. The number of anilines is 1. The maximum absolute atomic E-state index is 13.4. The Balaban J connectivity index is 1.25. The normalized spacial score (nSPS) is 14.0. The number of hydrogen-bond donors (Lipinski definition) is 1. The molecule has 1 aliphatic heterocycles. The van der Waals surface area contributed by atoms with Crippen LogP contribution in [0, 0.1) is 11.6 Å². The fourth-order valence-corrected chi connectivity index (χ4v) is 3.73. The Morgan fingerprint density at radius 1 is 0.853 bits per heavy atom. The Morgan fingerprint density at radius 3 is 2.29 bits per heavy atom. The van der Waals surface area contributed by atoms with E-state index in [1.165, 1.54) is 6.07 Å². The fourth-order valence-electron chi connectivity index (χ4n) is 3.73. The van der Waals surface area contributed by atoms with Gasteiger partial charge in [-0.1, -0.05) is 30.3 Å². The van der Waals surface area contributed by atoms with Crippen molar-refractivity contribution in [3.63, 3.8) is 0 Å². The number of benzene rings is 3. The molecule has 0 atom stereocenters. The molecule has 0 unspecified atom stereocenters. The van der Waals surface area contributed by atoms with Crippen LogP contribution in [-0.4, -0.2) is 54.3 Å². The fraction of sp³-hybridized carbons (Fsp3) is 0.231. The highest BCUT2D eigenvalue weighted by atomic mass is 19.2. The van der Waals surface area contributed by atoms with E-state index in [9.17, 15) is 18.4 Å². The molecular formula is C26H25F2N3O3. The molecule has 3 aromatic carbocycles. The minimum absolute atomic E-state index is 0.128. The van der Waals surface area contributed by atoms with Crippen LogP contribution in [-0.2, 0) is 4.79 Å². The summed E-state index contributed by atoms with van der Waals surface area (Å²) in [6.45, 7) is 2.63. The molecule has 1 aliphatic rings. The summed E-state index contributed by atoms with van der Waals surface area (Å²) in [5.41, 5.74) is 0.724. The first-order valence-corrected chi connectivity index (χ1v) is 11.1. The number of hydrogen-bond acceptors (Lipinski definition) is 4. The summed E-state index contributed by atoms with van der Waals surface area (Å²) in [4.78, 5) is 28.8. The first-order valence-electron chi connectivity index (χ1n) is 11.1. The summed E-state index contributed by atoms with van der Waals surface area (Å²) < 4.78 is 32.4. The number of piperazine rings is 1. The molecule has 4 rings (SSSR count). The van der Waals surface area contributed by atoms with Crippen molar-refractivity contribution in [2.24, 2.45) is 0 Å². The van der Waals surface area contributed by atoms with E-state index in [-0.39, 0.29) is 23.8 Å². The highest BCUT2D eigenvalue weighted by Gasteiger charge is 2.23. The zero-order valence-electron chi connectivity index (χ0n) is 18.5. The molecule has 0 saturated carbocycles. The molecule has 0 aliphatic carbocycles. The molecule has 1 N–H and O–H groups in total. The molecule has 34 heavy (non-hydrogen) atoms. The topological polar surface area (TPSA) is 61.9 Å². The van der Waals surface area contributed by atoms with Gasteiger partial charge in [-0.2, -0.15) is 0 Å². The van der Waals surface area contributed by atoms with E-state index in [0.717, 1.165) is 12.1 Å². The summed E-state index contributed by atoms with van der Waals surface area (Å²) in [6, 6.07) is 19.8.